The number of hydrogen-bond donors (Lipinski definition) is 1. The zero-order valence-corrected chi connectivity index (χ0v) is 17.4. The Bertz CT molecular complexity index is 948. The number of nitrogens with zero attached hydrogens (tertiary/aromatic N) is 2. The minimum absolute atomic E-state index is 0.257. The fourth-order valence-electron chi connectivity index (χ4n) is 3.37. The molecule has 0 radical (unpaired) electrons. The number of hydrogen-bond acceptors (Lipinski definition) is 5. The number of aryl methyl sites for hydroxylation is 1. The summed E-state index contributed by atoms with van der Waals surface area (Å²) in [6, 6.07) is 17.7. The van der Waals surface area contributed by atoms with Gasteiger partial charge in [0.15, 0.2) is 5.69 Å². The van der Waals surface area contributed by atoms with Crippen LogP contribution in [0.5, 0.6) is 0 Å². The van der Waals surface area contributed by atoms with Gasteiger partial charge in [0.25, 0.3) is 5.91 Å². The van der Waals surface area contributed by atoms with Crippen molar-refractivity contribution in [2.45, 2.75) is 13.3 Å². The molecular weight excluding hydrogens is 382 g/mol. The summed E-state index contributed by atoms with van der Waals surface area (Å²) in [6.45, 7) is 5.21. The van der Waals surface area contributed by atoms with Crippen LogP contribution in [0.3, 0.4) is 0 Å². The molecule has 5 nitrogen and oxygen atoms in total. The average Bonchev–Trinajstić information content (AvgIpc) is 3.16. The van der Waals surface area contributed by atoms with E-state index in [1.807, 2.05) is 54.2 Å². The molecule has 2 heterocycles. The van der Waals surface area contributed by atoms with Gasteiger partial charge < -0.3 is 14.6 Å². The second kappa shape index (κ2) is 9.29. The molecule has 0 bridgehead atoms. The summed E-state index contributed by atoms with van der Waals surface area (Å²) in [6.07, 6.45) is 1.03. The van der Waals surface area contributed by atoms with Crippen molar-refractivity contribution in [3.05, 3.63) is 71.6 Å². The lowest BCUT2D eigenvalue weighted by molar-refractivity contribution is 0.102. The van der Waals surface area contributed by atoms with Crippen molar-refractivity contribution in [1.82, 2.24) is 9.88 Å². The average molecular weight is 408 g/mol. The highest BCUT2D eigenvalue weighted by molar-refractivity contribution is 7.99. The number of oxazole rings is 1. The molecule has 0 atom stereocenters. The van der Waals surface area contributed by atoms with Crippen molar-refractivity contribution in [3.8, 4) is 11.5 Å². The van der Waals surface area contributed by atoms with Gasteiger partial charge in [0.2, 0.25) is 5.89 Å². The van der Waals surface area contributed by atoms with Crippen molar-refractivity contribution in [2.75, 3.05) is 36.5 Å². The molecule has 150 valence electrons. The van der Waals surface area contributed by atoms with E-state index in [9.17, 15) is 4.79 Å². The molecule has 1 aromatic heterocycles. The Balaban J connectivity index is 1.36. The fraction of sp³-hybridized carbons (Fsp3) is 0.304. The van der Waals surface area contributed by atoms with Crippen LogP contribution in [0.1, 0.15) is 21.8 Å². The van der Waals surface area contributed by atoms with Crippen LogP contribution in [-0.4, -0.2) is 46.9 Å². The lowest BCUT2D eigenvalue weighted by Gasteiger charge is -2.26. The molecule has 3 aromatic rings. The van der Waals surface area contributed by atoms with Gasteiger partial charge in [-0.3, -0.25) is 4.79 Å². The third-order valence-electron chi connectivity index (χ3n) is 5.06. The molecule has 2 aromatic carbocycles. The van der Waals surface area contributed by atoms with Gasteiger partial charge in [-0.05, 0) is 43.2 Å². The van der Waals surface area contributed by atoms with E-state index in [2.05, 4.69) is 27.3 Å². The maximum atomic E-state index is 12.7. The third kappa shape index (κ3) is 5.08. The number of benzene rings is 2. The number of nitrogens with one attached hydrogen (secondary N) is 1. The number of thioether (sulfide) groups is 1. The molecule has 0 spiro atoms. The number of amides is 1. The van der Waals surface area contributed by atoms with Crippen molar-refractivity contribution in [2.24, 2.45) is 0 Å². The largest absolute Gasteiger partial charge is 0.441 e. The van der Waals surface area contributed by atoms with Gasteiger partial charge in [-0.1, -0.05) is 30.3 Å². The zero-order valence-electron chi connectivity index (χ0n) is 16.6. The topological polar surface area (TPSA) is 58.4 Å². The Morgan fingerprint density at radius 3 is 2.55 bits per heavy atom. The van der Waals surface area contributed by atoms with Crippen molar-refractivity contribution in [3.63, 3.8) is 0 Å². The first kappa shape index (κ1) is 19.7. The van der Waals surface area contributed by atoms with Gasteiger partial charge in [-0.15, -0.1) is 0 Å². The summed E-state index contributed by atoms with van der Waals surface area (Å²) >= 11 is 2.03. The minimum atomic E-state index is -0.257. The fourth-order valence-corrected chi connectivity index (χ4v) is 4.35. The first-order chi connectivity index (χ1) is 14.2. The van der Waals surface area contributed by atoms with Crippen LogP contribution in [0.4, 0.5) is 5.69 Å². The monoisotopic (exact) mass is 407 g/mol. The molecule has 0 unspecified atom stereocenters. The molecular formula is C23H25N3O2S. The number of rotatable bonds is 6. The van der Waals surface area contributed by atoms with Crippen LogP contribution in [0.15, 0.2) is 59.0 Å². The normalized spacial score (nSPS) is 14.7. The van der Waals surface area contributed by atoms with Crippen LogP contribution in [-0.2, 0) is 6.42 Å². The Hall–Kier alpha value is -2.57. The Labute approximate surface area is 175 Å². The van der Waals surface area contributed by atoms with Crippen LogP contribution >= 0.6 is 11.8 Å². The van der Waals surface area contributed by atoms with Crippen LogP contribution in [0.25, 0.3) is 11.5 Å². The van der Waals surface area contributed by atoms with E-state index in [-0.39, 0.29) is 5.91 Å². The molecule has 1 aliphatic rings. The van der Waals surface area contributed by atoms with Crippen molar-refractivity contribution >= 4 is 23.4 Å². The SMILES string of the molecule is Cc1oc(-c2ccccc2)nc1C(=O)Nc1ccc(CCN2CCSCC2)cc1. The summed E-state index contributed by atoms with van der Waals surface area (Å²) < 4.78 is 5.69. The van der Waals surface area contributed by atoms with E-state index in [1.165, 1.54) is 30.2 Å². The number of aromatic nitrogens is 1. The quantitative estimate of drug-likeness (QED) is 0.652. The molecule has 4 rings (SSSR count). The lowest BCUT2D eigenvalue weighted by atomic mass is 10.1. The van der Waals surface area contributed by atoms with Crippen molar-refractivity contribution in [1.29, 1.82) is 0 Å². The molecule has 1 amide bonds. The van der Waals surface area contributed by atoms with E-state index >= 15 is 0 Å². The zero-order chi connectivity index (χ0) is 20.1. The molecule has 29 heavy (non-hydrogen) atoms. The van der Waals surface area contributed by atoms with Gasteiger partial charge in [0.05, 0.1) is 0 Å². The van der Waals surface area contributed by atoms with E-state index in [0.29, 0.717) is 17.3 Å². The predicted octanol–water partition coefficient (Wildman–Crippen LogP) is 4.49. The number of anilines is 1. The van der Waals surface area contributed by atoms with E-state index in [0.717, 1.165) is 24.2 Å². The lowest BCUT2D eigenvalue weighted by Crippen LogP contribution is -2.34. The van der Waals surface area contributed by atoms with Crippen LogP contribution in [0.2, 0.25) is 0 Å². The standard InChI is InChI=1S/C23H25N3O2S/c1-17-21(25-23(28-17)19-5-3-2-4-6-19)22(27)24-20-9-7-18(8-10-20)11-12-26-13-15-29-16-14-26/h2-10H,11-16H2,1H3,(H,24,27). The first-order valence-electron chi connectivity index (χ1n) is 9.92. The highest BCUT2D eigenvalue weighted by Crippen LogP contribution is 2.22. The minimum Gasteiger partial charge on any atom is -0.441 e. The molecule has 0 saturated carbocycles. The molecule has 1 N–H and O–H groups in total. The van der Waals surface area contributed by atoms with E-state index in [1.54, 1.807) is 6.92 Å². The molecule has 1 saturated heterocycles. The van der Waals surface area contributed by atoms with Gasteiger partial charge in [0.1, 0.15) is 5.76 Å². The Morgan fingerprint density at radius 1 is 1.10 bits per heavy atom. The summed E-state index contributed by atoms with van der Waals surface area (Å²) in [5, 5.41) is 2.92. The molecule has 6 heteroatoms. The first-order valence-corrected chi connectivity index (χ1v) is 11.1. The van der Waals surface area contributed by atoms with Crippen LogP contribution in [0, 0.1) is 6.92 Å². The summed E-state index contributed by atoms with van der Waals surface area (Å²) in [5.74, 6) is 3.18. The number of carbonyl (C=O) groups is 1. The summed E-state index contributed by atoms with van der Waals surface area (Å²) in [4.78, 5) is 19.6. The third-order valence-corrected chi connectivity index (χ3v) is 6.01. The smallest absolute Gasteiger partial charge is 0.277 e. The Kier molecular flexibility index (Phi) is 6.32. The van der Waals surface area contributed by atoms with Crippen molar-refractivity contribution < 1.29 is 9.21 Å². The van der Waals surface area contributed by atoms with Gasteiger partial charge in [-0.2, -0.15) is 11.8 Å². The second-order valence-electron chi connectivity index (χ2n) is 7.14. The van der Waals surface area contributed by atoms with Gasteiger partial charge >= 0.3 is 0 Å². The highest BCUT2D eigenvalue weighted by Gasteiger charge is 2.18. The second-order valence-corrected chi connectivity index (χ2v) is 8.37. The number of carbonyl (C=O) groups excluding carboxylic acids is 1. The van der Waals surface area contributed by atoms with Crippen LogP contribution < -0.4 is 5.32 Å². The predicted molar refractivity (Wildman–Crippen MR) is 119 cm³/mol. The molecule has 0 aliphatic carbocycles. The Morgan fingerprint density at radius 2 is 1.83 bits per heavy atom. The molecule has 1 aliphatic heterocycles. The maximum Gasteiger partial charge on any atom is 0.277 e. The molecule has 1 fully saturated rings. The van der Waals surface area contributed by atoms with E-state index in [4.69, 9.17) is 4.42 Å². The summed E-state index contributed by atoms with van der Waals surface area (Å²) in [7, 11) is 0. The maximum absolute atomic E-state index is 12.7. The van der Waals surface area contributed by atoms with Gasteiger partial charge in [-0.25, -0.2) is 4.98 Å². The summed E-state index contributed by atoms with van der Waals surface area (Å²) in [5.41, 5.74) is 3.21. The van der Waals surface area contributed by atoms with Gasteiger partial charge in [0, 0.05) is 42.4 Å². The highest BCUT2D eigenvalue weighted by atomic mass is 32.2. The van der Waals surface area contributed by atoms with E-state index < -0.39 is 0 Å².